The van der Waals surface area contributed by atoms with Gasteiger partial charge in [-0.15, -0.1) is 0 Å². The Labute approximate surface area is 250 Å². The first-order valence-corrected chi connectivity index (χ1v) is 14.6. The zero-order chi connectivity index (χ0) is 30.6. The topological polar surface area (TPSA) is 154 Å². The summed E-state index contributed by atoms with van der Waals surface area (Å²) >= 11 is 0. The second-order valence-corrected chi connectivity index (χ2v) is 10.5. The number of ether oxygens (including phenoxy) is 2. The molecule has 11 heteroatoms. The Morgan fingerprint density at radius 3 is 2.44 bits per heavy atom. The molecule has 1 amide bonds. The van der Waals surface area contributed by atoms with Crippen molar-refractivity contribution in [2.45, 2.75) is 51.0 Å². The van der Waals surface area contributed by atoms with Crippen LogP contribution < -0.4 is 25.6 Å². The summed E-state index contributed by atoms with van der Waals surface area (Å²) in [5.41, 5.74) is 10.2. The number of nitrogens with zero attached hydrogens (tertiary/aromatic N) is 3. The van der Waals surface area contributed by atoms with E-state index < -0.39 is 11.7 Å². The van der Waals surface area contributed by atoms with Crippen molar-refractivity contribution in [3.05, 3.63) is 59.9 Å². The molecule has 0 bridgehead atoms. The minimum absolute atomic E-state index is 0.0511. The molecule has 228 valence electrons. The van der Waals surface area contributed by atoms with Gasteiger partial charge in [0.2, 0.25) is 5.91 Å². The van der Waals surface area contributed by atoms with Gasteiger partial charge in [-0.2, -0.15) is 5.26 Å². The third-order valence-electron chi connectivity index (χ3n) is 7.38. The maximum absolute atomic E-state index is 14.9. The summed E-state index contributed by atoms with van der Waals surface area (Å²) in [5.74, 6) is 0.845. The lowest BCUT2D eigenvalue weighted by Crippen LogP contribution is -2.40. The number of amides is 1. The van der Waals surface area contributed by atoms with E-state index in [4.69, 9.17) is 30.5 Å². The molecular formula is C32H38FN5O5. The van der Waals surface area contributed by atoms with Crippen molar-refractivity contribution in [2.75, 3.05) is 37.8 Å². The molecule has 0 saturated carbocycles. The van der Waals surface area contributed by atoms with Crippen LogP contribution in [0, 0.1) is 17.1 Å². The van der Waals surface area contributed by atoms with E-state index >= 15 is 0 Å². The van der Waals surface area contributed by atoms with Crippen LogP contribution in [0.4, 0.5) is 10.2 Å². The highest BCUT2D eigenvalue weighted by atomic mass is 19.1. The van der Waals surface area contributed by atoms with Crippen LogP contribution in [0.3, 0.4) is 0 Å². The zero-order valence-electron chi connectivity index (χ0n) is 24.1. The van der Waals surface area contributed by atoms with Gasteiger partial charge in [0, 0.05) is 37.2 Å². The maximum atomic E-state index is 14.9. The summed E-state index contributed by atoms with van der Waals surface area (Å²) in [5, 5.41) is 27.1. The van der Waals surface area contributed by atoms with Gasteiger partial charge >= 0.3 is 0 Å². The Bertz CT molecular complexity index is 1400. The number of pyridine rings is 1. The van der Waals surface area contributed by atoms with E-state index in [1.54, 1.807) is 23.7 Å². The lowest BCUT2D eigenvalue weighted by molar-refractivity contribution is -0.129. The second-order valence-electron chi connectivity index (χ2n) is 10.5. The lowest BCUT2D eigenvalue weighted by atomic mass is 9.97. The largest absolute Gasteiger partial charge is 0.493 e. The number of nitriles is 1. The molecule has 0 radical (unpaired) electrons. The van der Waals surface area contributed by atoms with Crippen LogP contribution >= 0.6 is 0 Å². The number of hydroxylamine groups is 1. The number of aliphatic hydroxyl groups is 1. The average molecular weight is 592 g/mol. The third-order valence-corrected chi connectivity index (χ3v) is 7.38. The first-order chi connectivity index (χ1) is 20.9. The number of aromatic nitrogens is 1. The highest BCUT2D eigenvalue weighted by molar-refractivity contribution is 5.87. The summed E-state index contributed by atoms with van der Waals surface area (Å²) < 4.78 is 26.8. The standard InChI is InChI=1S/C32H38FN5O5/c33-27-19-23(6-7-24(27)21-34)32-31(22-8-10-26(11-9-22)42-18-16-39)28(43-17-4-2-1-3-5-30(40)37-41)20-29(36-32)38-14-12-25(35)13-15-38/h6-11,19-20,25,39,41H,1-5,12-18,35H2,(H,37,40). The van der Waals surface area contributed by atoms with Crippen LogP contribution in [0.5, 0.6) is 11.5 Å². The summed E-state index contributed by atoms with van der Waals surface area (Å²) in [6.07, 6.45) is 4.95. The molecule has 0 aliphatic carbocycles. The Balaban J connectivity index is 1.71. The van der Waals surface area contributed by atoms with E-state index in [0.717, 1.165) is 50.8 Å². The molecule has 0 unspecified atom stereocenters. The van der Waals surface area contributed by atoms with E-state index in [-0.39, 0.29) is 31.2 Å². The molecule has 10 nitrogen and oxygen atoms in total. The number of nitrogens with two attached hydrogens (primary N) is 1. The van der Waals surface area contributed by atoms with Crippen molar-refractivity contribution in [2.24, 2.45) is 5.73 Å². The lowest BCUT2D eigenvalue weighted by Gasteiger charge is -2.32. The minimum atomic E-state index is -0.632. The molecule has 1 fully saturated rings. The van der Waals surface area contributed by atoms with Crippen molar-refractivity contribution < 1.29 is 29.0 Å². The van der Waals surface area contributed by atoms with Crippen LogP contribution in [0.1, 0.15) is 50.5 Å². The third kappa shape index (κ3) is 8.64. The van der Waals surface area contributed by atoms with Gasteiger partial charge in [0.25, 0.3) is 0 Å². The number of aliphatic hydroxyl groups excluding tert-OH is 1. The van der Waals surface area contributed by atoms with Gasteiger partial charge in [0.05, 0.1) is 30.0 Å². The predicted molar refractivity (Wildman–Crippen MR) is 160 cm³/mol. The number of anilines is 1. The van der Waals surface area contributed by atoms with Crippen molar-refractivity contribution in [1.82, 2.24) is 10.5 Å². The number of hydrogen-bond acceptors (Lipinski definition) is 9. The predicted octanol–water partition coefficient (Wildman–Crippen LogP) is 4.56. The normalized spacial score (nSPS) is 13.4. The number of hydrogen-bond donors (Lipinski definition) is 4. The zero-order valence-corrected chi connectivity index (χ0v) is 24.1. The average Bonchev–Trinajstić information content (AvgIpc) is 3.03. The fourth-order valence-corrected chi connectivity index (χ4v) is 5.01. The number of nitrogens with one attached hydrogen (secondary N) is 1. The number of carbonyl (C=O) groups is 1. The SMILES string of the molecule is N#Cc1ccc(-c2nc(N3CCC(N)CC3)cc(OCCCCCCC(=O)NO)c2-c2ccc(OCCO)cc2)cc1F. The van der Waals surface area contributed by atoms with Crippen molar-refractivity contribution in [3.63, 3.8) is 0 Å². The van der Waals surface area contributed by atoms with Crippen LogP contribution in [-0.4, -0.2) is 60.2 Å². The summed E-state index contributed by atoms with van der Waals surface area (Å²) in [6, 6.07) is 15.7. The molecule has 1 aliphatic heterocycles. The molecule has 0 spiro atoms. The number of carbonyl (C=O) groups excluding carboxylic acids is 1. The smallest absolute Gasteiger partial charge is 0.243 e. The number of unbranched alkanes of at least 4 members (excludes halogenated alkanes) is 3. The van der Waals surface area contributed by atoms with Gasteiger partial charge < -0.3 is 25.2 Å². The quantitative estimate of drug-likeness (QED) is 0.120. The molecule has 3 aromatic rings. The molecule has 1 aliphatic rings. The van der Waals surface area contributed by atoms with Crippen LogP contribution in [0.2, 0.25) is 0 Å². The van der Waals surface area contributed by atoms with Gasteiger partial charge in [-0.1, -0.05) is 31.0 Å². The number of halogens is 1. The monoisotopic (exact) mass is 591 g/mol. The van der Waals surface area contributed by atoms with Crippen LogP contribution in [-0.2, 0) is 4.79 Å². The number of piperidine rings is 1. The van der Waals surface area contributed by atoms with Gasteiger partial charge in [-0.25, -0.2) is 14.9 Å². The first-order valence-electron chi connectivity index (χ1n) is 14.6. The fraction of sp³-hybridized carbons (Fsp3) is 0.406. The van der Waals surface area contributed by atoms with Gasteiger partial charge in [-0.3, -0.25) is 10.0 Å². The molecule has 2 heterocycles. The minimum Gasteiger partial charge on any atom is -0.493 e. The molecule has 1 aromatic heterocycles. The molecule has 0 atom stereocenters. The maximum Gasteiger partial charge on any atom is 0.243 e. The van der Waals surface area contributed by atoms with E-state index in [1.165, 1.54) is 12.1 Å². The number of benzene rings is 2. The van der Waals surface area contributed by atoms with E-state index in [0.29, 0.717) is 47.2 Å². The fourth-order valence-electron chi connectivity index (χ4n) is 5.01. The molecule has 2 aromatic carbocycles. The van der Waals surface area contributed by atoms with Crippen molar-refractivity contribution in [3.8, 4) is 40.0 Å². The van der Waals surface area contributed by atoms with Crippen LogP contribution in [0.25, 0.3) is 22.4 Å². The van der Waals surface area contributed by atoms with E-state index in [1.807, 2.05) is 24.3 Å². The Hall–Kier alpha value is -4.24. The Morgan fingerprint density at radius 1 is 1.05 bits per heavy atom. The van der Waals surface area contributed by atoms with Crippen LogP contribution in [0.15, 0.2) is 48.5 Å². The van der Waals surface area contributed by atoms with Gasteiger partial charge in [0.15, 0.2) is 0 Å². The first kappa shape index (κ1) is 31.7. The van der Waals surface area contributed by atoms with E-state index in [2.05, 4.69) is 4.90 Å². The highest BCUT2D eigenvalue weighted by Gasteiger charge is 2.23. The molecule has 1 saturated heterocycles. The summed E-state index contributed by atoms with van der Waals surface area (Å²) in [7, 11) is 0. The molecule has 5 N–H and O–H groups in total. The molecular weight excluding hydrogens is 553 g/mol. The van der Waals surface area contributed by atoms with Gasteiger partial charge in [0.1, 0.15) is 35.8 Å². The molecule has 4 rings (SSSR count). The Morgan fingerprint density at radius 2 is 1.77 bits per heavy atom. The van der Waals surface area contributed by atoms with Gasteiger partial charge in [-0.05, 0) is 55.5 Å². The highest BCUT2D eigenvalue weighted by Crippen LogP contribution is 2.42. The van der Waals surface area contributed by atoms with Crippen molar-refractivity contribution >= 4 is 11.7 Å². The van der Waals surface area contributed by atoms with E-state index in [9.17, 15) is 14.4 Å². The summed E-state index contributed by atoms with van der Waals surface area (Å²) in [6.45, 7) is 1.94. The summed E-state index contributed by atoms with van der Waals surface area (Å²) in [4.78, 5) is 18.4. The molecule has 43 heavy (non-hydrogen) atoms. The van der Waals surface area contributed by atoms with Crippen molar-refractivity contribution in [1.29, 1.82) is 5.26 Å². The Kier molecular flexibility index (Phi) is 11.7. The number of rotatable bonds is 14. The second kappa shape index (κ2) is 15.8.